The van der Waals surface area contributed by atoms with Gasteiger partial charge in [0.05, 0.1) is 4.91 Å². The Bertz CT molecular complexity index is 687. The molecule has 0 atom stereocenters. The molecule has 0 saturated carbocycles. The van der Waals surface area contributed by atoms with Crippen LogP contribution in [0.4, 0.5) is 0 Å². The van der Waals surface area contributed by atoms with Gasteiger partial charge in [0, 0.05) is 11.0 Å². The fourth-order valence-electron chi connectivity index (χ4n) is 1.97. The summed E-state index contributed by atoms with van der Waals surface area (Å²) in [4.78, 5) is 14.4. The highest BCUT2D eigenvalue weighted by atomic mass is 79.9. The van der Waals surface area contributed by atoms with E-state index in [1.165, 1.54) is 16.7 Å². The normalized spacial score (nSPS) is 18.7. The molecule has 1 fully saturated rings. The second-order valence-corrected chi connectivity index (χ2v) is 6.84. The Balaban J connectivity index is 1.94. The molecule has 1 aromatic carbocycles. The Hall–Kier alpha value is -1.31. The van der Waals surface area contributed by atoms with Crippen molar-refractivity contribution in [1.82, 2.24) is 4.90 Å². The summed E-state index contributed by atoms with van der Waals surface area (Å²) in [7, 11) is 0. The van der Waals surface area contributed by atoms with E-state index in [-0.39, 0.29) is 12.7 Å². The quantitative estimate of drug-likeness (QED) is 0.453. The summed E-state index contributed by atoms with van der Waals surface area (Å²) in [6.45, 7) is 4.27. The minimum absolute atomic E-state index is 0.102. The average molecular weight is 384 g/mol. The molecule has 0 aromatic heterocycles. The predicted octanol–water partition coefficient (Wildman–Crippen LogP) is 3.57. The molecule has 0 radical (unpaired) electrons. The van der Waals surface area contributed by atoms with Crippen LogP contribution in [0.3, 0.4) is 0 Å². The monoisotopic (exact) mass is 383 g/mol. The number of nitrogens with zero attached hydrogens (tertiary/aromatic N) is 1. The van der Waals surface area contributed by atoms with Gasteiger partial charge < -0.3 is 9.47 Å². The summed E-state index contributed by atoms with van der Waals surface area (Å²) in [6, 6.07) is 3.67. The van der Waals surface area contributed by atoms with E-state index in [1.807, 2.05) is 12.1 Å². The molecule has 3 rings (SSSR count). The van der Waals surface area contributed by atoms with Gasteiger partial charge in [0.1, 0.15) is 4.32 Å². The largest absolute Gasteiger partial charge is 0.454 e. The maximum absolute atomic E-state index is 12.3. The van der Waals surface area contributed by atoms with Gasteiger partial charge in [-0.05, 0) is 23.8 Å². The van der Waals surface area contributed by atoms with Gasteiger partial charge in [-0.25, -0.2) is 0 Å². The van der Waals surface area contributed by atoms with Crippen molar-refractivity contribution in [3.8, 4) is 11.5 Å². The summed E-state index contributed by atoms with van der Waals surface area (Å²) in [5.74, 6) is 1.26. The predicted molar refractivity (Wildman–Crippen MR) is 90.3 cm³/mol. The van der Waals surface area contributed by atoms with Gasteiger partial charge in [-0.2, -0.15) is 0 Å². The Kier molecular flexibility index (Phi) is 4.05. The average Bonchev–Trinajstić information content (AvgIpc) is 2.99. The number of fused-ring (bicyclic) bond motifs is 1. The molecular weight excluding hydrogens is 374 g/mol. The van der Waals surface area contributed by atoms with Crippen molar-refractivity contribution in [3.63, 3.8) is 0 Å². The highest BCUT2D eigenvalue weighted by Crippen LogP contribution is 2.39. The molecule has 0 N–H and O–H groups in total. The van der Waals surface area contributed by atoms with Crippen molar-refractivity contribution < 1.29 is 14.3 Å². The zero-order valence-corrected chi connectivity index (χ0v) is 14.0. The minimum atomic E-state index is -0.102. The van der Waals surface area contributed by atoms with Gasteiger partial charge in [0.15, 0.2) is 11.5 Å². The zero-order chi connectivity index (χ0) is 15.0. The fraction of sp³-hybridized carbons (Fsp3) is 0.143. The summed E-state index contributed by atoms with van der Waals surface area (Å²) in [5, 5.41) is 0. The molecule has 2 aliphatic rings. The lowest BCUT2D eigenvalue weighted by Gasteiger charge is -2.10. The first kappa shape index (κ1) is 14.6. The molecule has 108 valence electrons. The van der Waals surface area contributed by atoms with E-state index in [9.17, 15) is 4.79 Å². The fourth-order valence-corrected chi connectivity index (χ4v) is 3.67. The highest BCUT2D eigenvalue weighted by molar-refractivity contribution is 9.10. The van der Waals surface area contributed by atoms with E-state index in [0.717, 1.165) is 10.0 Å². The third-order valence-corrected chi connectivity index (χ3v) is 5.03. The van der Waals surface area contributed by atoms with Crippen LogP contribution in [0, 0.1) is 0 Å². The maximum Gasteiger partial charge on any atom is 0.266 e. The number of thioether (sulfide) groups is 1. The first-order chi connectivity index (χ1) is 10.1. The van der Waals surface area contributed by atoms with Crippen molar-refractivity contribution >= 4 is 56.2 Å². The van der Waals surface area contributed by atoms with Crippen molar-refractivity contribution in [2.45, 2.75) is 0 Å². The minimum Gasteiger partial charge on any atom is -0.454 e. The van der Waals surface area contributed by atoms with Crippen LogP contribution < -0.4 is 9.47 Å². The van der Waals surface area contributed by atoms with E-state index in [4.69, 9.17) is 21.7 Å². The highest BCUT2D eigenvalue weighted by Gasteiger charge is 2.31. The second kappa shape index (κ2) is 5.82. The molecule has 0 bridgehead atoms. The summed E-state index contributed by atoms with van der Waals surface area (Å²) in [6.07, 6.45) is 3.46. The molecule has 2 heterocycles. The Morgan fingerprint density at radius 2 is 2.14 bits per heavy atom. The van der Waals surface area contributed by atoms with E-state index in [1.54, 1.807) is 12.2 Å². The molecule has 0 aliphatic carbocycles. The molecular formula is C14H10BrNO3S2. The third-order valence-electron chi connectivity index (χ3n) is 2.96. The van der Waals surface area contributed by atoms with E-state index in [0.29, 0.717) is 27.3 Å². The van der Waals surface area contributed by atoms with Gasteiger partial charge >= 0.3 is 0 Å². The van der Waals surface area contributed by atoms with Crippen molar-refractivity contribution in [2.75, 3.05) is 13.3 Å². The lowest BCUT2D eigenvalue weighted by molar-refractivity contribution is -0.121. The molecule has 0 unspecified atom stereocenters. The number of thiocarbonyl (C=S) groups is 1. The van der Waals surface area contributed by atoms with Crippen LogP contribution in [0.5, 0.6) is 11.5 Å². The second-order valence-electron chi connectivity index (χ2n) is 4.31. The standard InChI is InChI=1S/C14H10BrNO3S2/c1-2-3-16-13(17)12(21-14(16)20)5-8-4-10-11(6-9(8)15)19-7-18-10/h2,4-6H,1,3,7H2/b12-5-. The van der Waals surface area contributed by atoms with Crippen molar-refractivity contribution in [1.29, 1.82) is 0 Å². The van der Waals surface area contributed by atoms with Crippen LogP contribution in [0.15, 0.2) is 34.2 Å². The SMILES string of the molecule is C=CCN1C(=O)/C(=C/c2cc3c(cc2Br)OCO3)SC1=S. The number of hydrogen-bond donors (Lipinski definition) is 0. The number of rotatable bonds is 3. The van der Waals surface area contributed by atoms with Crippen LogP contribution in [0.1, 0.15) is 5.56 Å². The van der Waals surface area contributed by atoms with Crippen LogP contribution in [0.25, 0.3) is 6.08 Å². The number of carbonyl (C=O) groups excluding carboxylic acids is 1. The van der Waals surface area contributed by atoms with Crippen LogP contribution in [0.2, 0.25) is 0 Å². The number of hydrogen-bond acceptors (Lipinski definition) is 5. The van der Waals surface area contributed by atoms with Gasteiger partial charge in [-0.3, -0.25) is 9.69 Å². The molecule has 0 spiro atoms. The van der Waals surface area contributed by atoms with Crippen molar-refractivity contribution in [3.05, 3.63) is 39.7 Å². The molecule has 21 heavy (non-hydrogen) atoms. The zero-order valence-electron chi connectivity index (χ0n) is 10.8. The number of carbonyl (C=O) groups is 1. The maximum atomic E-state index is 12.3. The summed E-state index contributed by atoms with van der Waals surface area (Å²) in [5.41, 5.74) is 0.846. The smallest absolute Gasteiger partial charge is 0.266 e. The Morgan fingerprint density at radius 1 is 1.43 bits per heavy atom. The third kappa shape index (κ3) is 2.73. The van der Waals surface area contributed by atoms with Gasteiger partial charge in [-0.1, -0.05) is 46.0 Å². The van der Waals surface area contributed by atoms with Crippen molar-refractivity contribution in [2.24, 2.45) is 0 Å². The lowest BCUT2D eigenvalue weighted by atomic mass is 10.2. The summed E-state index contributed by atoms with van der Waals surface area (Å²) >= 11 is 9.97. The van der Waals surface area contributed by atoms with E-state index in [2.05, 4.69) is 22.5 Å². The van der Waals surface area contributed by atoms with Gasteiger partial charge in [-0.15, -0.1) is 6.58 Å². The van der Waals surface area contributed by atoms with E-state index >= 15 is 0 Å². The molecule has 1 saturated heterocycles. The van der Waals surface area contributed by atoms with Crippen LogP contribution >= 0.6 is 39.9 Å². The molecule has 1 aromatic rings. The molecule has 2 aliphatic heterocycles. The lowest BCUT2D eigenvalue weighted by Crippen LogP contribution is -2.27. The topological polar surface area (TPSA) is 38.8 Å². The molecule has 4 nitrogen and oxygen atoms in total. The Morgan fingerprint density at radius 3 is 2.86 bits per heavy atom. The summed E-state index contributed by atoms with van der Waals surface area (Å²) < 4.78 is 12.0. The molecule has 7 heteroatoms. The van der Waals surface area contributed by atoms with Crippen LogP contribution in [-0.2, 0) is 4.79 Å². The first-order valence-corrected chi connectivity index (χ1v) is 8.07. The molecule has 1 amide bonds. The number of amides is 1. The number of benzene rings is 1. The number of halogens is 1. The van der Waals surface area contributed by atoms with Gasteiger partial charge in [0.25, 0.3) is 5.91 Å². The number of ether oxygens (including phenoxy) is 2. The van der Waals surface area contributed by atoms with E-state index < -0.39 is 0 Å². The van der Waals surface area contributed by atoms with Crippen LogP contribution in [-0.4, -0.2) is 28.5 Å². The Labute approximate surface area is 139 Å². The first-order valence-electron chi connectivity index (χ1n) is 6.05. The van der Waals surface area contributed by atoms with Gasteiger partial charge in [0.2, 0.25) is 6.79 Å².